The van der Waals surface area contributed by atoms with Crippen molar-refractivity contribution >= 4 is 17.3 Å². The van der Waals surface area contributed by atoms with Crippen LogP contribution in [0.4, 0.5) is 5.69 Å². The number of nitriles is 1. The predicted octanol–water partition coefficient (Wildman–Crippen LogP) is 4.22. The zero-order valence-corrected chi connectivity index (χ0v) is 11.1. The van der Waals surface area contributed by atoms with Crippen LogP contribution in [0.2, 0.25) is 0 Å². The molecule has 0 heterocycles. The van der Waals surface area contributed by atoms with E-state index in [9.17, 15) is 10.1 Å². The molecule has 2 aromatic carbocycles. The molecule has 0 unspecified atom stereocenters. The summed E-state index contributed by atoms with van der Waals surface area (Å²) in [5, 5.41) is 19.8. The molecule has 0 aliphatic carbocycles. The fourth-order valence-corrected chi connectivity index (χ4v) is 1.81. The first kappa shape index (κ1) is 14.2. The minimum atomic E-state index is -0.433. The molecule has 0 fully saturated rings. The van der Waals surface area contributed by atoms with Gasteiger partial charge >= 0.3 is 0 Å². The minimum absolute atomic E-state index is 0.0460. The lowest BCUT2D eigenvalue weighted by Gasteiger charge is -1.96. The van der Waals surface area contributed by atoms with Crippen molar-refractivity contribution in [2.75, 3.05) is 0 Å². The van der Waals surface area contributed by atoms with E-state index in [1.165, 1.54) is 12.1 Å². The Balaban J connectivity index is 2.21. The van der Waals surface area contributed by atoms with Crippen molar-refractivity contribution in [1.82, 2.24) is 0 Å². The van der Waals surface area contributed by atoms with Gasteiger partial charge in [-0.25, -0.2) is 0 Å². The summed E-state index contributed by atoms with van der Waals surface area (Å²) in [5.41, 5.74) is 2.14. The number of hydrogen-bond acceptors (Lipinski definition) is 3. The van der Waals surface area contributed by atoms with Gasteiger partial charge in [0, 0.05) is 12.1 Å². The Morgan fingerprint density at radius 2 is 1.90 bits per heavy atom. The van der Waals surface area contributed by atoms with E-state index >= 15 is 0 Å². The monoisotopic (exact) mass is 276 g/mol. The molecule has 2 aromatic rings. The standard InChI is InChI=1S/C17H12N2O2/c18-13-16(15-8-2-1-3-9-15)10-4-6-14-7-5-11-17(12-14)19(20)21/h1-12H/b6-4-,16-10+. The van der Waals surface area contributed by atoms with Gasteiger partial charge in [0.15, 0.2) is 0 Å². The first-order valence-electron chi connectivity index (χ1n) is 6.29. The molecule has 0 aliphatic heterocycles. The highest BCUT2D eigenvalue weighted by molar-refractivity contribution is 5.78. The van der Waals surface area contributed by atoms with E-state index in [4.69, 9.17) is 5.26 Å². The SMILES string of the molecule is N#C/C(=C\C=C/c1cccc([N+](=O)[O-])c1)c1ccccc1. The van der Waals surface area contributed by atoms with Crippen molar-refractivity contribution in [2.24, 2.45) is 0 Å². The summed E-state index contributed by atoms with van der Waals surface area (Å²) in [6.07, 6.45) is 5.13. The van der Waals surface area contributed by atoms with Crippen molar-refractivity contribution in [2.45, 2.75) is 0 Å². The van der Waals surface area contributed by atoms with Crippen LogP contribution in [-0.4, -0.2) is 4.92 Å². The smallest absolute Gasteiger partial charge is 0.258 e. The van der Waals surface area contributed by atoms with Gasteiger partial charge in [-0.15, -0.1) is 0 Å². The molecular weight excluding hydrogens is 264 g/mol. The van der Waals surface area contributed by atoms with Crippen LogP contribution >= 0.6 is 0 Å². The Morgan fingerprint density at radius 3 is 2.57 bits per heavy atom. The quantitative estimate of drug-likeness (QED) is 0.363. The lowest BCUT2D eigenvalue weighted by Crippen LogP contribution is -1.87. The third-order valence-corrected chi connectivity index (χ3v) is 2.84. The normalized spacial score (nSPS) is 11.3. The summed E-state index contributed by atoms with van der Waals surface area (Å²) in [7, 11) is 0. The zero-order chi connectivity index (χ0) is 15.1. The summed E-state index contributed by atoms with van der Waals surface area (Å²) < 4.78 is 0. The zero-order valence-electron chi connectivity index (χ0n) is 11.1. The van der Waals surface area contributed by atoms with E-state index in [1.54, 1.807) is 30.4 Å². The Morgan fingerprint density at radius 1 is 1.14 bits per heavy atom. The number of nitro benzene ring substituents is 1. The van der Waals surface area contributed by atoms with Gasteiger partial charge in [-0.3, -0.25) is 10.1 Å². The molecule has 0 amide bonds. The fourth-order valence-electron chi connectivity index (χ4n) is 1.81. The van der Waals surface area contributed by atoms with E-state index in [1.807, 2.05) is 30.3 Å². The lowest BCUT2D eigenvalue weighted by molar-refractivity contribution is -0.384. The number of rotatable bonds is 4. The first-order valence-corrected chi connectivity index (χ1v) is 6.29. The van der Waals surface area contributed by atoms with Crippen LogP contribution in [0.3, 0.4) is 0 Å². The highest BCUT2D eigenvalue weighted by atomic mass is 16.6. The van der Waals surface area contributed by atoms with Crippen LogP contribution < -0.4 is 0 Å². The maximum Gasteiger partial charge on any atom is 0.270 e. The van der Waals surface area contributed by atoms with E-state index < -0.39 is 4.92 Å². The average Bonchev–Trinajstić information content (AvgIpc) is 2.53. The molecule has 4 heteroatoms. The van der Waals surface area contributed by atoms with Crippen LogP contribution in [0, 0.1) is 21.4 Å². The van der Waals surface area contributed by atoms with Gasteiger partial charge in [0.2, 0.25) is 0 Å². The van der Waals surface area contributed by atoms with Gasteiger partial charge in [0.05, 0.1) is 16.6 Å². The number of nitro groups is 1. The lowest BCUT2D eigenvalue weighted by atomic mass is 10.1. The van der Waals surface area contributed by atoms with E-state index in [0.29, 0.717) is 11.1 Å². The largest absolute Gasteiger partial charge is 0.270 e. The summed E-state index contributed by atoms with van der Waals surface area (Å²) in [6.45, 7) is 0. The Labute approximate surface area is 122 Å². The minimum Gasteiger partial charge on any atom is -0.258 e. The predicted molar refractivity (Wildman–Crippen MR) is 82.2 cm³/mol. The second kappa shape index (κ2) is 6.83. The van der Waals surface area contributed by atoms with Gasteiger partial charge in [-0.05, 0) is 17.2 Å². The molecule has 21 heavy (non-hydrogen) atoms. The van der Waals surface area contributed by atoms with E-state index in [-0.39, 0.29) is 5.69 Å². The van der Waals surface area contributed by atoms with Crippen LogP contribution in [0.15, 0.2) is 66.7 Å². The third-order valence-electron chi connectivity index (χ3n) is 2.84. The molecular formula is C17H12N2O2. The highest BCUT2D eigenvalue weighted by Gasteiger charge is 2.03. The van der Waals surface area contributed by atoms with E-state index in [0.717, 1.165) is 5.56 Å². The summed E-state index contributed by atoms with van der Waals surface area (Å²) in [4.78, 5) is 10.3. The van der Waals surface area contributed by atoms with Gasteiger partial charge in [-0.2, -0.15) is 5.26 Å². The number of nitrogens with zero attached hydrogens (tertiary/aromatic N) is 2. The second-order valence-electron chi connectivity index (χ2n) is 4.27. The maximum atomic E-state index is 10.7. The molecule has 0 aliphatic rings. The van der Waals surface area contributed by atoms with Crippen LogP contribution in [0.1, 0.15) is 11.1 Å². The molecule has 2 rings (SSSR count). The molecule has 0 saturated carbocycles. The topological polar surface area (TPSA) is 66.9 Å². The molecule has 102 valence electrons. The molecule has 0 N–H and O–H groups in total. The Bertz CT molecular complexity index is 741. The molecule has 0 radical (unpaired) electrons. The fraction of sp³-hybridized carbons (Fsp3) is 0. The molecule has 0 aromatic heterocycles. The molecule has 0 spiro atoms. The Kier molecular flexibility index (Phi) is 4.62. The summed E-state index contributed by atoms with van der Waals surface area (Å²) in [5.74, 6) is 0. The van der Waals surface area contributed by atoms with Gasteiger partial charge < -0.3 is 0 Å². The van der Waals surface area contributed by atoms with Gasteiger partial charge in [0.1, 0.15) is 0 Å². The highest BCUT2D eigenvalue weighted by Crippen LogP contribution is 2.16. The molecule has 0 atom stereocenters. The van der Waals surface area contributed by atoms with Crippen LogP contribution in [0.25, 0.3) is 11.6 Å². The van der Waals surface area contributed by atoms with Gasteiger partial charge in [0.25, 0.3) is 5.69 Å². The third kappa shape index (κ3) is 3.88. The van der Waals surface area contributed by atoms with Crippen LogP contribution in [0.5, 0.6) is 0 Å². The van der Waals surface area contributed by atoms with Crippen molar-refractivity contribution in [3.8, 4) is 6.07 Å². The van der Waals surface area contributed by atoms with Crippen molar-refractivity contribution in [3.63, 3.8) is 0 Å². The summed E-state index contributed by atoms with van der Waals surface area (Å²) in [6, 6.07) is 17.8. The number of hydrogen-bond donors (Lipinski definition) is 0. The first-order chi connectivity index (χ1) is 10.2. The van der Waals surface area contributed by atoms with Crippen molar-refractivity contribution in [3.05, 3.63) is 88.0 Å². The Hall–Kier alpha value is -3.19. The van der Waals surface area contributed by atoms with Gasteiger partial charge in [-0.1, -0.05) is 54.6 Å². The number of allylic oxidation sites excluding steroid dienone is 3. The molecule has 0 bridgehead atoms. The molecule has 4 nitrogen and oxygen atoms in total. The molecule has 0 saturated heterocycles. The van der Waals surface area contributed by atoms with Crippen molar-refractivity contribution < 1.29 is 4.92 Å². The second-order valence-corrected chi connectivity index (χ2v) is 4.27. The number of benzene rings is 2. The average molecular weight is 276 g/mol. The van der Waals surface area contributed by atoms with Crippen LogP contribution in [-0.2, 0) is 0 Å². The summed E-state index contributed by atoms with van der Waals surface area (Å²) >= 11 is 0. The maximum absolute atomic E-state index is 10.7. The number of non-ortho nitro benzene ring substituents is 1. The van der Waals surface area contributed by atoms with E-state index in [2.05, 4.69) is 6.07 Å². The van der Waals surface area contributed by atoms with Crippen molar-refractivity contribution in [1.29, 1.82) is 5.26 Å².